The number of aromatic nitrogens is 4. The quantitative estimate of drug-likeness (QED) is 0.843. The number of carbonyl (C=O) groups is 1. The van der Waals surface area contributed by atoms with Crippen molar-refractivity contribution in [2.24, 2.45) is 0 Å². The monoisotopic (exact) mass is 310 g/mol. The first-order valence-corrected chi connectivity index (χ1v) is 7.85. The number of rotatable bonds is 1. The van der Waals surface area contributed by atoms with Crippen molar-refractivity contribution in [2.75, 3.05) is 18.8 Å². The summed E-state index contributed by atoms with van der Waals surface area (Å²) in [7, 11) is 0. The summed E-state index contributed by atoms with van der Waals surface area (Å²) in [5.41, 5.74) is 8.27. The van der Waals surface area contributed by atoms with Crippen LogP contribution in [0.15, 0.2) is 24.8 Å². The molecular weight excluding hydrogens is 292 g/mol. The summed E-state index contributed by atoms with van der Waals surface area (Å²) in [6.07, 6.45) is 10.4. The van der Waals surface area contributed by atoms with E-state index in [1.54, 1.807) is 12.4 Å². The highest BCUT2D eigenvalue weighted by molar-refractivity contribution is 5.92. The van der Waals surface area contributed by atoms with Crippen molar-refractivity contribution in [2.45, 2.75) is 31.1 Å². The number of amides is 1. The Labute approximate surface area is 134 Å². The third kappa shape index (κ3) is 2.32. The Bertz CT molecular complexity index is 745. The van der Waals surface area contributed by atoms with E-state index in [2.05, 4.69) is 19.9 Å². The van der Waals surface area contributed by atoms with E-state index < -0.39 is 0 Å². The summed E-state index contributed by atoms with van der Waals surface area (Å²) in [4.78, 5) is 31.3. The third-order valence-corrected chi connectivity index (χ3v) is 4.90. The molecule has 23 heavy (non-hydrogen) atoms. The van der Waals surface area contributed by atoms with Crippen LogP contribution in [0.1, 0.15) is 41.0 Å². The maximum absolute atomic E-state index is 12.7. The topological polar surface area (TPSA) is 97.9 Å². The van der Waals surface area contributed by atoms with Crippen LogP contribution in [0.25, 0.3) is 0 Å². The van der Waals surface area contributed by atoms with E-state index in [9.17, 15) is 4.79 Å². The van der Waals surface area contributed by atoms with Crippen LogP contribution in [0.5, 0.6) is 0 Å². The highest BCUT2D eigenvalue weighted by Gasteiger charge is 2.44. The molecule has 2 N–H and O–H groups in total. The van der Waals surface area contributed by atoms with Gasteiger partial charge in [-0.3, -0.25) is 9.78 Å². The second-order valence-corrected chi connectivity index (χ2v) is 6.30. The molecule has 2 aromatic rings. The number of likely N-dealkylation sites (tertiary alicyclic amines) is 1. The number of carbonyl (C=O) groups excluding carboxylic acids is 1. The van der Waals surface area contributed by atoms with E-state index in [-0.39, 0.29) is 11.3 Å². The van der Waals surface area contributed by atoms with E-state index in [1.165, 1.54) is 6.20 Å². The van der Waals surface area contributed by atoms with Gasteiger partial charge in [-0.05, 0) is 31.2 Å². The number of nitrogen functional groups attached to an aromatic ring is 1. The lowest BCUT2D eigenvalue weighted by molar-refractivity contribution is 0.0627. The molecule has 3 heterocycles. The minimum Gasteiger partial charge on any atom is -0.368 e. The Morgan fingerprint density at radius 3 is 2.96 bits per heavy atom. The predicted molar refractivity (Wildman–Crippen MR) is 83.6 cm³/mol. The fraction of sp³-hybridized carbons (Fsp3) is 0.438. The van der Waals surface area contributed by atoms with Gasteiger partial charge >= 0.3 is 0 Å². The number of hydrogen-bond acceptors (Lipinski definition) is 6. The predicted octanol–water partition coefficient (Wildman–Crippen LogP) is 0.969. The lowest BCUT2D eigenvalue weighted by Crippen LogP contribution is -2.48. The number of aryl methyl sites for hydroxylation is 1. The first-order valence-electron chi connectivity index (χ1n) is 7.85. The molecule has 7 heteroatoms. The Morgan fingerprint density at radius 1 is 1.22 bits per heavy atom. The Hall–Kier alpha value is -2.57. The summed E-state index contributed by atoms with van der Waals surface area (Å²) in [5, 5.41) is 0. The molecule has 1 unspecified atom stereocenters. The molecule has 0 aromatic carbocycles. The van der Waals surface area contributed by atoms with Crippen LogP contribution in [0.3, 0.4) is 0 Å². The van der Waals surface area contributed by atoms with Gasteiger partial charge in [-0.25, -0.2) is 15.0 Å². The molecule has 0 saturated carbocycles. The molecule has 1 aliphatic carbocycles. The van der Waals surface area contributed by atoms with Crippen LogP contribution in [-0.2, 0) is 11.8 Å². The Morgan fingerprint density at radius 2 is 2.13 bits per heavy atom. The fourth-order valence-corrected chi connectivity index (χ4v) is 3.83. The molecule has 0 radical (unpaired) electrons. The SMILES string of the molecule is Nc1ncc2c(n1)C1(CCCN(C(=O)c3cnccn3)C1)CC2. The number of hydrogen-bond donors (Lipinski definition) is 1. The van der Waals surface area contributed by atoms with Gasteiger partial charge in [-0.15, -0.1) is 0 Å². The van der Waals surface area contributed by atoms with E-state index in [4.69, 9.17) is 5.73 Å². The summed E-state index contributed by atoms with van der Waals surface area (Å²) < 4.78 is 0. The van der Waals surface area contributed by atoms with Crippen molar-refractivity contribution in [1.29, 1.82) is 0 Å². The first kappa shape index (κ1) is 14.0. The van der Waals surface area contributed by atoms with Crippen LogP contribution < -0.4 is 5.73 Å². The Kier molecular flexibility index (Phi) is 3.21. The maximum Gasteiger partial charge on any atom is 0.274 e. The number of piperidine rings is 1. The highest BCUT2D eigenvalue weighted by atomic mass is 16.2. The molecule has 118 valence electrons. The molecule has 2 aliphatic rings. The van der Waals surface area contributed by atoms with Gasteiger partial charge < -0.3 is 10.6 Å². The van der Waals surface area contributed by atoms with Gasteiger partial charge in [0.05, 0.1) is 11.9 Å². The minimum atomic E-state index is -0.0947. The summed E-state index contributed by atoms with van der Waals surface area (Å²) in [6, 6.07) is 0. The zero-order chi connectivity index (χ0) is 15.9. The van der Waals surface area contributed by atoms with Crippen LogP contribution in [-0.4, -0.2) is 43.8 Å². The van der Waals surface area contributed by atoms with Gasteiger partial charge in [0.15, 0.2) is 0 Å². The molecule has 1 spiro atoms. The lowest BCUT2D eigenvalue weighted by Gasteiger charge is -2.40. The molecule has 1 amide bonds. The van der Waals surface area contributed by atoms with Crippen molar-refractivity contribution in [3.05, 3.63) is 41.7 Å². The molecule has 7 nitrogen and oxygen atoms in total. The van der Waals surface area contributed by atoms with Crippen molar-refractivity contribution >= 4 is 11.9 Å². The number of anilines is 1. The third-order valence-electron chi connectivity index (χ3n) is 4.90. The molecule has 1 atom stereocenters. The largest absolute Gasteiger partial charge is 0.368 e. The van der Waals surface area contributed by atoms with Gasteiger partial charge in [0, 0.05) is 37.1 Å². The minimum absolute atomic E-state index is 0.0624. The van der Waals surface area contributed by atoms with Crippen molar-refractivity contribution in [1.82, 2.24) is 24.8 Å². The highest BCUT2D eigenvalue weighted by Crippen LogP contribution is 2.44. The molecule has 1 fully saturated rings. The molecule has 0 bridgehead atoms. The molecular formula is C16H18N6O. The lowest BCUT2D eigenvalue weighted by atomic mass is 9.77. The molecule has 1 saturated heterocycles. The zero-order valence-corrected chi connectivity index (χ0v) is 12.8. The summed E-state index contributed by atoms with van der Waals surface area (Å²) >= 11 is 0. The van der Waals surface area contributed by atoms with Crippen molar-refractivity contribution < 1.29 is 4.79 Å². The van der Waals surface area contributed by atoms with Gasteiger partial charge in [-0.2, -0.15) is 0 Å². The number of fused-ring (bicyclic) bond motifs is 2. The first-order chi connectivity index (χ1) is 11.2. The second-order valence-electron chi connectivity index (χ2n) is 6.30. The van der Waals surface area contributed by atoms with Crippen molar-refractivity contribution in [3.63, 3.8) is 0 Å². The van der Waals surface area contributed by atoms with E-state index in [0.717, 1.165) is 43.5 Å². The average molecular weight is 310 g/mol. The summed E-state index contributed by atoms with van der Waals surface area (Å²) in [6.45, 7) is 1.40. The molecule has 1 aliphatic heterocycles. The van der Waals surface area contributed by atoms with E-state index >= 15 is 0 Å². The second kappa shape index (κ2) is 5.26. The van der Waals surface area contributed by atoms with Gasteiger partial charge in [0.2, 0.25) is 5.95 Å². The normalized spacial score (nSPS) is 23.0. The fourth-order valence-electron chi connectivity index (χ4n) is 3.83. The van der Waals surface area contributed by atoms with Crippen LogP contribution in [0, 0.1) is 0 Å². The van der Waals surface area contributed by atoms with E-state index in [0.29, 0.717) is 18.2 Å². The van der Waals surface area contributed by atoms with Crippen LogP contribution in [0.4, 0.5) is 5.95 Å². The zero-order valence-electron chi connectivity index (χ0n) is 12.8. The Balaban J connectivity index is 1.64. The average Bonchev–Trinajstić information content (AvgIpc) is 2.93. The van der Waals surface area contributed by atoms with Gasteiger partial charge in [0.1, 0.15) is 5.69 Å². The van der Waals surface area contributed by atoms with Gasteiger partial charge in [0.25, 0.3) is 5.91 Å². The van der Waals surface area contributed by atoms with Crippen molar-refractivity contribution in [3.8, 4) is 0 Å². The maximum atomic E-state index is 12.7. The number of nitrogens with zero attached hydrogens (tertiary/aromatic N) is 5. The number of nitrogens with two attached hydrogens (primary N) is 1. The molecule has 2 aromatic heterocycles. The van der Waals surface area contributed by atoms with Crippen LogP contribution >= 0.6 is 0 Å². The smallest absolute Gasteiger partial charge is 0.274 e. The molecule has 4 rings (SSSR count). The summed E-state index contributed by atoms with van der Waals surface area (Å²) in [5.74, 6) is 0.245. The van der Waals surface area contributed by atoms with Gasteiger partial charge in [-0.1, -0.05) is 0 Å². The standard InChI is InChI=1S/C16H18N6O/c17-15-20-8-11-2-4-16(13(11)21-15)3-1-7-22(10-16)14(23)12-9-18-5-6-19-12/h5-6,8-9H,1-4,7,10H2,(H2,17,20,21). The van der Waals surface area contributed by atoms with E-state index in [1.807, 2.05) is 11.1 Å². The van der Waals surface area contributed by atoms with Crippen LogP contribution in [0.2, 0.25) is 0 Å².